The Morgan fingerprint density at radius 2 is 2.00 bits per heavy atom. The molecule has 0 radical (unpaired) electrons. The van der Waals surface area contributed by atoms with Crippen molar-refractivity contribution in [3.63, 3.8) is 0 Å². The number of phenols is 1. The molecule has 0 amide bonds. The number of nitrogens with two attached hydrogens (primary N) is 1. The first-order valence-electron chi connectivity index (χ1n) is 4.98. The predicted molar refractivity (Wildman–Crippen MR) is 60.8 cm³/mol. The summed E-state index contributed by atoms with van der Waals surface area (Å²) in [7, 11) is 1.26. The Balaban J connectivity index is 3.28. The molecule has 0 aliphatic heterocycles. The summed E-state index contributed by atoms with van der Waals surface area (Å²) in [4.78, 5) is 21.4. The number of aliphatic carboxylic acids is 1. The fraction of sp³-hybridized carbons (Fsp3) is 0.273. The number of hydrogen-bond donors (Lipinski definition) is 4. The van der Waals surface area contributed by atoms with E-state index in [-0.39, 0.29) is 22.6 Å². The van der Waals surface area contributed by atoms with E-state index in [0.29, 0.717) is 0 Å². The first-order valence-corrected chi connectivity index (χ1v) is 4.98. The molecule has 7 heteroatoms. The Bertz CT molecular complexity index is 485. The van der Waals surface area contributed by atoms with Crippen LogP contribution < -0.4 is 10.5 Å². The second-order valence-electron chi connectivity index (χ2n) is 3.63. The maximum atomic E-state index is 10.9. The van der Waals surface area contributed by atoms with Crippen molar-refractivity contribution in [1.29, 1.82) is 0 Å². The highest BCUT2D eigenvalue weighted by Crippen LogP contribution is 2.35. The molecule has 18 heavy (non-hydrogen) atoms. The molecule has 0 aromatic heterocycles. The number of rotatable bonds is 5. The molecule has 0 saturated heterocycles. The van der Waals surface area contributed by atoms with E-state index in [1.54, 1.807) is 0 Å². The molecule has 0 aliphatic carbocycles. The molecule has 0 spiro atoms. The molecule has 1 aromatic carbocycles. The lowest BCUT2D eigenvalue weighted by atomic mass is 10.00. The number of ether oxygens (including phenoxy) is 1. The minimum Gasteiger partial charge on any atom is -0.504 e. The molecule has 5 N–H and O–H groups in total. The van der Waals surface area contributed by atoms with E-state index in [1.807, 2.05) is 0 Å². The molecule has 0 aliphatic rings. The fourth-order valence-corrected chi connectivity index (χ4v) is 1.49. The normalized spacial score (nSPS) is 11.9. The van der Waals surface area contributed by atoms with Gasteiger partial charge < -0.3 is 25.8 Å². The van der Waals surface area contributed by atoms with Crippen LogP contribution in [-0.4, -0.2) is 34.4 Å². The molecule has 1 atom stereocenters. The average Bonchev–Trinajstić information content (AvgIpc) is 2.27. The fourth-order valence-electron chi connectivity index (χ4n) is 1.49. The largest absolute Gasteiger partial charge is 0.504 e. The van der Waals surface area contributed by atoms with Gasteiger partial charge in [-0.1, -0.05) is 0 Å². The molecule has 7 nitrogen and oxygen atoms in total. The number of hydrogen-bond acceptors (Lipinski definition) is 5. The van der Waals surface area contributed by atoms with Crippen LogP contribution in [0.15, 0.2) is 12.1 Å². The summed E-state index contributed by atoms with van der Waals surface area (Å²) in [6.45, 7) is 0. The molecule has 0 fully saturated rings. The van der Waals surface area contributed by atoms with Gasteiger partial charge in [-0.3, -0.25) is 4.79 Å². The van der Waals surface area contributed by atoms with Gasteiger partial charge >= 0.3 is 11.9 Å². The van der Waals surface area contributed by atoms with Gasteiger partial charge in [-0.05, 0) is 12.1 Å². The number of methoxy groups -OCH3 is 1. The van der Waals surface area contributed by atoms with Crippen LogP contribution in [0.25, 0.3) is 0 Å². The SMILES string of the molecule is COc1cc(C(=O)O)cc(C(N)CC(=O)O)c1O. The third-order valence-corrected chi connectivity index (χ3v) is 2.37. The molecule has 1 unspecified atom stereocenters. The lowest BCUT2D eigenvalue weighted by molar-refractivity contribution is -0.137. The van der Waals surface area contributed by atoms with Crippen LogP contribution in [0, 0.1) is 0 Å². The first kappa shape index (κ1) is 13.8. The van der Waals surface area contributed by atoms with Crippen molar-refractivity contribution in [3.05, 3.63) is 23.3 Å². The molecule has 0 saturated carbocycles. The van der Waals surface area contributed by atoms with Gasteiger partial charge in [-0.2, -0.15) is 0 Å². The molecular formula is C11H13NO6. The molecular weight excluding hydrogens is 242 g/mol. The van der Waals surface area contributed by atoms with Crippen molar-refractivity contribution in [2.24, 2.45) is 5.73 Å². The van der Waals surface area contributed by atoms with Gasteiger partial charge in [0, 0.05) is 11.6 Å². The Hall–Kier alpha value is -2.28. The summed E-state index contributed by atoms with van der Waals surface area (Å²) in [6, 6.07) is 1.25. The van der Waals surface area contributed by atoms with Gasteiger partial charge in [0.1, 0.15) is 0 Å². The summed E-state index contributed by atoms with van der Waals surface area (Å²) in [5, 5.41) is 27.3. The summed E-state index contributed by atoms with van der Waals surface area (Å²) < 4.78 is 4.82. The number of aromatic carboxylic acids is 1. The Morgan fingerprint density at radius 1 is 1.39 bits per heavy atom. The van der Waals surface area contributed by atoms with Gasteiger partial charge in [-0.15, -0.1) is 0 Å². The lowest BCUT2D eigenvalue weighted by Crippen LogP contribution is -2.16. The third-order valence-electron chi connectivity index (χ3n) is 2.37. The van der Waals surface area contributed by atoms with Gasteiger partial charge in [0.2, 0.25) is 0 Å². The van der Waals surface area contributed by atoms with E-state index in [1.165, 1.54) is 7.11 Å². The number of carboxylic acids is 2. The highest BCUT2D eigenvalue weighted by molar-refractivity contribution is 5.89. The van der Waals surface area contributed by atoms with Crippen LogP contribution in [-0.2, 0) is 4.79 Å². The standard InChI is InChI=1S/C11H13NO6/c1-18-8-3-5(11(16)17)2-6(10(8)15)7(12)4-9(13)14/h2-3,7,15H,4,12H2,1H3,(H,13,14)(H,16,17). The average molecular weight is 255 g/mol. The summed E-state index contributed by atoms with van der Waals surface area (Å²) in [5.74, 6) is -2.79. The van der Waals surface area contributed by atoms with Crippen LogP contribution in [0.5, 0.6) is 11.5 Å². The topological polar surface area (TPSA) is 130 Å². The number of benzene rings is 1. The van der Waals surface area contributed by atoms with Gasteiger partial charge in [-0.25, -0.2) is 4.79 Å². The van der Waals surface area contributed by atoms with Crippen LogP contribution in [0.2, 0.25) is 0 Å². The monoisotopic (exact) mass is 255 g/mol. The third kappa shape index (κ3) is 2.89. The van der Waals surface area contributed by atoms with E-state index in [0.717, 1.165) is 12.1 Å². The van der Waals surface area contributed by atoms with Crippen molar-refractivity contribution >= 4 is 11.9 Å². The van der Waals surface area contributed by atoms with Crippen molar-refractivity contribution in [1.82, 2.24) is 0 Å². The Labute approximate surface area is 102 Å². The van der Waals surface area contributed by atoms with E-state index in [9.17, 15) is 14.7 Å². The second kappa shape index (κ2) is 5.37. The van der Waals surface area contributed by atoms with Gasteiger partial charge in [0.25, 0.3) is 0 Å². The zero-order valence-corrected chi connectivity index (χ0v) is 9.58. The Kier molecular flexibility index (Phi) is 4.11. The Morgan fingerprint density at radius 3 is 2.44 bits per heavy atom. The molecule has 98 valence electrons. The van der Waals surface area contributed by atoms with E-state index < -0.39 is 24.4 Å². The number of phenolic OH excluding ortho intramolecular Hbond substituents is 1. The maximum Gasteiger partial charge on any atom is 0.335 e. The van der Waals surface area contributed by atoms with E-state index in [4.69, 9.17) is 20.7 Å². The highest BCUT2D eigenvalue weighted by Gasteiger charge is 2.20. The van der Waals surface area contributed by atoms with Crippen molar-refractivity contribution < 1.29 is 29.6 Å². The quantitative estimate of drug-likeness (QED) is 0.605. The van der Waals surface area contributed by atoms with Gasteiger partial charge in [0.05, 0.1) is 19.1 Å². The van der Waals surface area contributed by atoms with Crippen LogP contribution in [0.3, 0.4) is 0 Å². The smallest absolute Gasteiger partial charge is 0.335 e. The van der Waals surface area contributed by atoms with Crippen LogP contribution >= 0.6 is 0 Å². The van der Waals surface area contributed by atoms with Crippen molar-refractivity contribution in [2.45, 2.75) is 12.5 Å². The van der Waals surface area contributed by atoms with Crippen molar-refractivity contribution in [2.75, 3.05) is 7.11 Å². The zero-order valence-electron chi connectivity index (χ0n) is 9.58. The number of carboxylic acid groups (broad SMARTS) is 2. The van der Waals surface area contributed by atoms with E-state index in [2.05, 4.69) is 0 Å². The van der Waals surface area contributed by atoms with Gasteiger partial charge in [0.15, 0.2) is 11.5 Å². The summed E-state index contributed by atoms with van der Waals surface area (Å²) >= 11 is 0. The molecule has 0 heterocycles. The molecule has 1 aromatic rings. The number of aromatic hydroxyl groups is 1. The first-order chi connectivity index (χ1) is 8.36. The van der Waals surface area contributed by atoms with Crippen LogP contribution in [0.4, 0.5) is 0 Å². The molecule has 1 rings (SSSR count). The summed E-state index contributed by atoms with van der Waals surface area (Å²) in [6.07, 6.45) is -0.431. The predicted octanol–water partition coefficient (Wildman–Crippen LogP) is 0.574. The van der Waals surface area contributed by atoms with E-state index >= 15 is 0 Å². The maximum absolute atomic E-state index is 10.9. The number of carbonyl (C=O) groups is 2. The van der Waals surface area contributed by atoms with Crippen molar-refractivity contribution in [3.8, 4) is 11.5 Å². The zero-order chi connectivity index (χ0) is 13.9. The lowest BCUT2D eigenvalue weighted by Gasteiger charge is -2.15. The molecule has 0 bridgehead atoms. The minimum atomic E-state index is -1.22. The van der Waals surface area contributed by atoms with Crippen LogP contribution in [0.1, 0.15) is 28.4 Å². The summed E-state index contributed by atoms with van der Waals surface area (Å²) in [5.41, 5.74) is 5.48. The second-order valence-corrected chi connectivity index (χ2v) is 3.63. The highest BCUT2D eigenvalue weighted by atomic mass is 16.5. The minimum absolute atomic E-state index is 0.0224.